The average molecular weight is 318 g/mol. The van der Waals surface area contributed by atoms with Gasteiger partial charge in [0.25, 0.3) is 0 Å². The Morgan fingerprint density at radius 1 is 1.45 bits per heavy atom. The average Bonchev–Trinajstić information content (AvgIpc) is 2.92. The maximum absolute atomic E-state index is 11.9. The zero-order chi connectivity index (χ0) is 13.5. The Morgan fingerprint density at radius 3 is 2.80 bits per heavy atom. The molecule has 0 aliphatic carbocycles. The lowest BCUT2D eigenvalue weighted by atomic mass is 9.97. The summed E-state index contributed by atoms with van der Waals surface area (Å²) in [7, 11) is 2.00. The molecule has 6 heteroatoms. The first kappa shape index (κ1) is 17.4. The molecule has 0 saturated carbocycles. The van der Waals surface area contributed by atoms with Crippen LogP contribution >= 0.6 is 23.7 Å². The molecule has 1 fully saturated rings. The molecule has 0 unspecified atom stereocenters. The van der Waals surface area contributed by atoms with Crippen LogP contribution in [0, 0.1) is 5.92 Å². The number of nitrogens with zero attached hydrogens (tertiary/aromatic N) is 1. The predicted molar refractivity (Wildman–Crippen MR) is 86.5 cm³/mol. The minimum Gasteiger partial charge on any atom is -0.350 e. The lowest BCUT2D eigenvalue weighted by molar-refractivity contribution is -0.122. The number of piperidine rings is 1. The molecule has 1 aliphatic heterocycles. The summed E-state index contributed by atoms with van der Waals surface area (Å²) in [6, 6.07) is 4.06. The van der Waals surface area contributed by atoms with Crippen LogP contribution in [-0.2, 0) is 11.3 Å². The van der Waals surface area contributed by atoms with E-state index in [1.54, 1.807) is 11.3 Å². The quantitative estimate of drug-likeness (QED) is 0.839. The number of hydrogen-bond donors (Lipinski definition) is 2. The number of nitrogens with one attached hydrogen (secondary N) is 2. The third-order valence-corrected chi connectivity index (χ3v) is 4.48. The van der Waals surface area contributed by atoms with Gasteiger partial charge in [0.15, 0.2) is 0 Å². The molecule has 20 heavy (non-hydrogen) atoms. The van der Waals surface area contributed by atoms with Crippen molar-refractivity contribution in [3.05, 3.63) is 22.4 Å². The van der Waals surface area contributed by atoms with Crippen molar-refractivity contribution in [3.63, 3.8) is 0 Å². The SMILES string of the molecule is CNCC1CCN(CC(=O)NCc2cccs2)CC1.Cl. The second-order valence-corrected chi connectivity index (χ2v) is 6.17. The van der Waals surface area contributed by atoms with Gasteiger partial charge in [-0.05, 0) is 56.9 Å². The fourth-order valence-electron chi connectivity index (χ4n) is 2.50. The van der Waals surface area contributed by atoms with Crippen molar-refractivity contribution in [2.24, 2.45) is 5.92 Å². The molecule has 4 nitrogen and oxygen atoms in total. The van der Waals surface area contributed by atoms with E-state index in [2.05, 4.69) is 15.5 Å². The van der Waals surface area contributed by atoms with Gasteiger partial charge in [-0.15, -0.1) is 23.7 Å². The maximum Gasteiger partial charge on any atom is 0.234 e. The molecule has 0 radical (unpaired) electrons. The van der Waals surface area contributed by atoms with Crippen molar-refractivity contribution < 1.29 is 4.79 Å². The molecule has 1 aromatic heterocycles. The molecule has 1 amide bonds. The first-order valence-electron chi connectivity index (χ1n) is 6.94. The molecule has 2 N–H and O–H groups in total. The normalized spacial score (nSPS) is 16.6. The highest BCUT2D eigenvalue weighted by Crippen LogP contribution is 2.15. The van der Waals surface area contributed by atoms with Crippen LogP contribution in [-0.4, -0.2) is 44.0 Å². The highest BCUT2D eigenvalue weighted by molar-refractivity contribution is 7.09. The summed E-state index contributed by atoms with van der Waals surface area (Å²) < 4.78 is 0. The Kier molecular flexibility index (Phi) is 8.14. The number of halogens is 1. The van der Waals surface area contributed by atoms with E-state index >= 15 is 0 Å². The summed E-state index contributed by atoms with van der Waals surface area (Å²) in [6.45, 7) is 4.38. The summed E-state index contributed by atoms with van der Waals surface area (Å²) in [5.74, 6) is 0.913. The zero-order valence-corrected chi connectivity index (χ0v) is 13.6. The molecule has 1 aromatic rings. The van der Waals surface area contributed by atoms with Gasteiger partial charge in [0.1, 0.15) is 0 Å². The van der Waals surface area contributed by atoms with Crippen LogP contribution in [0.5, 0.6) is 0 Å². The van der Waals surface area contributed by atoms with E-state index in [0.717, 1.165) is 25.6 Å². The molecule has 0 atom stereocenters. The molecular weight excluding hydrogens is 294 g/mol. The molecule has 2 heterocycles. The van der Waals surface area contributed by atoms with Crippen molar-refractivity contribution in [2.45, 2.75) is 19.4 Å². The Morgan fingerprint density at radius 2 is 2.20 bits per heavy atom. The smallest absolute Gasteiger partial charge is 0.234 e. The monoisotopic (exact) mass is 317 g/mol. The van der Waals surface area contributed by atoms with Gasteiger partial charge in [0.2, 0.25) is 5.91 Å². The standard InChI is InChI=1S/C14H23N3OS.ClH/c1-15-9-12-4-6-17(7-5-12)11-14(18)16-10-13-3-2-8-19-13;/h2-3,8,12,15H,4-7,9-11H2,1H3,(H,16,18);1H. The minimum absolute atomic E-state index is 0. The van der Waals surface area contributed by atoms with E-state index in [4.69, 9.17) is 0 Å². The predicted octanol–water partition coefficient (Wildman–Crippen LogP) is 1.72. The largest absolute Gasteiger partial charge is 0.350 e. The highest BCUT2D eigenvalue weighted by Gasteiger charge is 2.20. The van der Waals surface area contributed by atoms with Gasteiger partial charge in [-0.25, -0.2) is 0 Å². The second kappa shape index (κ2) is 9.34. The topological polar surface area (TPSA) is 44.4 Å². The summed E-state index contributed by atoms with van der Waals surface area (Å²) in [6.07, 6.45) is 2.39. The van der Waals surface area contributed by atoms with E-state index in [1.807, 2.05) is 24.6 Å². The number of thiophene rings is 1. The lowest BCUT2D eigenvalue weighted by Gasteiger charge is -2.31. The summed E-state index contributed by atoms with van der Waals surface area (Å²) in [4.78, 5) is 15.3. The van der Waals surface area contributed by atoms with E-state index in [9.17, 15) is 4.79 Å². The second-order valence-electron chi connectivity index (χ2n) is 5.13. The number of rotatable bonds is 6. The van der Waals surface area contributed by atoms with Gasteiger partial charge in [-0.3, -0.25) is 9.69 Å². The maximum atomic E-state index is 11.9. The molecule has 0 aromatic carbocycles. The van der Waals surface area contributed by atoms with Crippen molar-refractivity contribution >= 4 is 29.7 Å². The Hall–Kier alpha value is -0.620. The van der Waals surface area contributed by atoms with Crippen LogP contribution in [0.2, 0.25) is 0 Å². The minimum atomic E-state index is 0. The van der Waals surface area contributed by atoms with Crippen LogP contribution in [0.3, 0.4) is 0 Å². The van der Waals surface area contributed by atoms with E-state index in [-0.39, 0.29) is 18.3 Å². The summed E-state index contributed by atoms with van der Waals surface area (Å²) >= 11 is 1.68. The summed E-state index contributed by atoms with van der Waals surface area (Å²) in [5, 5.41) is 8.25. The summed E-state index contributed by atoms with van der Waals surface area (Å²) in [5.41, 5.74) is 0. The first-order chi connectivity index (χ1) is 9.28. The van der Waals surface area contributed by atoms with Gasteiger partial charge in [-0.2, -0.15) is 0 Å². The number of likely N-dealkylation sites (tertiary alicyclic amines) is 1. The molecule has 0 spiro atoms. The molecule has 2 rings (SSSR count). The van der Waals surface area contributed by atoms with Crippen LogP contribution < -0.4 is 10.6 Å². The van der Waals surface area contributed by atoms with Crippen molar-refractivity contribution in [2.75, 3.05) is 33.2 Å². The third kappa shape index (κ3) is 5.79. The number of carbonyl (C=O) groups is 1. The van der Waals surface area contributed by atoms with Crippen LogP contribution in [0.1, 0.15) is 17.7 Å². The Labute approximate surface area is 131 Å². The lowest BCUT2D eigenvalue weighted by Crippen LogP contribution is -2.42. The van der Waals surface area contributed by atoms with Crippen LogP contribution in [0.15, 0.2) is 17.5 Å². The van der Waals surface area contributed by atoms with Crippen molar-refractivity contribution in [3.8, 4) is 0 Å². The van der Waals surface area contributed by atoms with Crippen molar-refractivity contribution in [1.29, 1.82) is 0 Å². The molecule has 1 aliphatic rings. The fraction of sp³-hybridized carbons (Fsp3) is 0.643. The van der Waals surface area contributed by atoms with Crippen molar-refractivity contribution in [1.82, 2.24) is 15.5 Å². The number of amides is 1. The third-order valence-electron chi connectivity index (χ3n) is 3.61. The molecular formula is C14H24ClN3OS. The van der Waals surface area contributed by atoms with Crippen LogP contribution in [0.4, 0.5) is 0 Å². The van der Waals surface area contributed by atoms with Gasteiger partial charge in [0.05, 0.1) is 13.1 Å². The molecule has 0 bridgehead atoms. The fourth-order valence-corrected chi connectivity index (χ4v) is 3.14. The zero-order valence-electron chi connectivity index (χ0n) is 11.9. The van der Waals surface area contributed by atoms with E-state index in [1.165, 1.54) is 17.7 Å². The molecule has 114 valence electrons. The first-order valence-corrected chi connectivity index (χ1v) is 7.82. The van der Waals surface area contributed by atoms with Gasteiger partial charge >= 0.3 is 0 Å². The van der Waals surface area contributed by atoms with E-state index in [0.29, 0.717) is 13.1 Å². The van der Waals surface area contributed by atoms with Gasteiger partial charge < -0.3 is 10.6 Å². The van der Waals surface area contributed by atoms with Gasteiger partial charge in [-0.1, -0.05) is 6.07 Å². The van der Waals surface area contributed by atoms with Crippen LogP contribution in [0.25, 0.3) is 0 Å². The molecule has 1 saturated heterocycles. The van der Waals surface area contributed by atoms with Gasteiger partial charge in [0, 0.05) is 4.88 Å². The number of hydrogen-bond acceptors (Lipinski definition) is 4. The number of carbonyl (C=O) groups excluding carboxylic acids is 1. The Balaban J connectivity index is 0.00000200. The Bertz CT molecular complexity index is 378. The van der Waals surface area contributed by atoms with E-state index < -0.39 is 0 Å². The highest BCUT2D eigenvalue weighted by atomic mass is 35.5.